The van der Waals surface area contributed by atoms with E-state index in [0.29, 0.717) is 18.4 Å². The zero-order chi connectivity index (χ0) is 9.54. The van der Waals surface area contributed by atoms with Crippen molar-refractivity contribution in [1.29, 1.82) is 0 Å². The standard InChI is InChI=1S/C11H12FNO/c12-7-1-4-9-10(13-8-2-3-8)6-14-11(9)5-7/h1,4-5,8,10,13H,2-3,6H2. The van der Waals surface area contributed by atoms with E-state index in [1.54, 1.807) is 0 Å². The van der Waals surface area contributed by atoms with Crippen LogP contribution < -0.4 is 10.1 Å². The molecule has 1 unspecified atom stereocenters. The van der Waals surface area contributed by atoms with Crippen LogP contribution in [0.2, 0.25) is 0 Å². The van der Waals surface area contributed by atoms with Crippen molar-refractivity contribution in [2.45, 2.75) is 24.9 Å². The SMILES string of the molecule is Fc1ccc2c(c1)OCC2NC1CC1. The van der Waals surface area contributed by atoms with Gasteiger partial charge in [-0.2, -0.15) is 0 Å². The van der Waals surface area contributed by atoms with Crippen LogP contribution in [0.4, 0.5) is 4.39 Å². The van der Waals surface area contributed by atoms with Crippen LogP contribution >= 0.6 is 0 Å². The average Bonchev–Trinajstić information content (AvgIpc) is 2.89. The predicted molar refractivity (Wildman–Crippen MR) is 50.8 cm³/mol. The molecular formula is C11H12FNO. The fourth-order valence-corrected chi connectivity index (χ4v) is 1.86. The third-order valence-corrected chi connectivity index (χ3v) is 2.77. The van der Waals surface area contributed by atoms with E-state index in [1.165, 1.54) is 25.0 Å². The average molecular weight is 193 g/mol. The van der Waals surface area contributed by atoms with Crippen LogP contribution in [-0.4, -0.2) is 12.6 Å². The molecule has 1 aliphatic carbocycles. The molecule has 2 nitrogen and oxygen atoms in total. The van der Waals surface area contributed by atoms with Gasteiger partial charge in [-0.1, -0.05) is 6.07 Å². The summed E-state index contributed by atoms with van der Waals surface area (Å²) in [5.41, 5.74) is 1.10. The highest BCUT2D eigenvalue weighted by atomic mass is 19.1. The summed E-state index contributed by atoms with van der Waals surface area (Å²) in [7, 11) is 0. The van der Waals surface area contributed by atoms with E-state index in [4.69, 9.17) is 4.74 Å². The molecule has 1 fully saturated rings. The minimum absolute atomic E-state index is 0.226. The molecule has 1 heterocycles. The molecule has 1 atom stereocenters. The van der Waals surface area contributed by atoms with Crippen molar-refractivity contribution in [3.63, 3.8) is 0 Å². The monoisotopic (exact) mass is 193 g/mol. The lowest BCUT2D eigenvalue weighted by molar-refractivity contribution is 0.309. The molecule has 14 heavy (non-hydrogen) atoms. The first-order valence-corrected chi connectivity index (χ1v) is 5.01. The minimum atomic E-state index is -0.226. The lowest BCUT2D eigenvalue weighted by atomic mass is 10.1. The number of fused-ring (bicyclic) bond motifs is 1. The van der Waals surface area contributed by atoms with Crippen LogP contribution in [0.5, 0.6) is 5.75 Å². The van der Waals surface area contributed by atoms with E-state index in [-0.39, 0.29) is 11.9 Å². The van der Waals surface area contributed by atoms with Crippen LogP contribution in [0.1, 0.15) is 24.4 Å². The summed E-state index contributed by atoms with van der Waals surface area (Å²) in [5, 5.41) is 3.48. The van der Waals surface area contributed by atoms with Crippen molar-refractivity contribution in [2.75, 3.05) is 6.61 Å². The zero-order valence-electron chi connectivity index (χ0n) is 7.79. The summed E-state index contributed by atoms with van der Waals surface area (Å²) in [4.78, 5) is 0. The number of rotatable bonds is 2. The Hall–Kier alpha value is -1.09. The van der Waals surface area contributed by atoms with Gasteiger partial charge in [-0.3, -0.25) is 0 Å². The quantitative estimate of drug-likeness (QED) is 0.775. The van der Waals surface area contributed by atoms with E-state index in [1.807, 2.05) is 6.07 Å². The zero-order valence-corrected chi connectivity index (χ0v) is 7.79. The van der Waals surface area contributed by atoms with Gasteiger partial charge < -0.3 is 10.1 Å². The molecule has 0 spiro atoms. The summed E-state index contributed by atoms with van der Waals surface area (Å²) in [6, 6.07) is 5.69. The molecule has 1 aromatic rings. The Morgan fingerprint density at radius 1 is 1.36 bits per heavy atom. The maximum atomic E-state index is 12.9. The number of ether oxygens (including phenoxy) is 1. The van der Waals surface area contributed by atoms with Crippen molar-refractivity contribution < 1.29 is 9.13 Å². The van der Waals surface area contributed by atoms with Gasteiger partial charge in [0, 0.05) is 17.7 Å². The van der Waals surface area contributed by atoms with Gasteiger partial charge in [-0.15, -0.1) is 0 Å². The molecule has 0 radical (unpaired) electrons. The van der Waals surface area contributed by atoms with E-state index in [2.05, 4.69) is 5.32 Å². The Morgan fingerprint density at radius 2 is 2.21 bits per heavy atom. The Kier molecular flexibility index (Phi) is 1.74. The van der Waals surface area contributed by atoms with Gasteiger partial charge >= 0.3 is 0 Å². The van der Waals surface area contributed by atoms with Crippen LogP contribution in [0, 0.1) is 5.82 Å². The molecule has 3 heteroatoms. The van der Waals surface area contributed by atoms with Gasteiger partial charge in [0.1, 0.15) is 18.2 Å². The van der Waals surface area contributed by atoms with Crippen LogP contribution in [0.25, 0.3) is 0 Å². The number of nitrogens with one attached hydrogen (secondary N) is 1. The third-order valence-electron chi connectivity index (χ3n) is 2.77. The van der Waals surface area contributed by atoms with Crippen LogP contribution in [0.15, 0.2) is 18.2 Å². The summed E-state index contributed by atoms with van der Waals surface area (Å²) < 4.78 is 18.3. The molecular weight excluding hydrogens is 181 g/mol. The molecule has 3 rings (SSSR count). The van der Waals surface area contributed by atoms with Crippen LogP contribution in [0.3, 0.4) is 0 Å². The molecule has 2 aliphatic rings. The summed E-state index contributed by atoms with van der Waals surface area (Å²) in [6.07, 6.45) is 2.51. The Balaban J connectivity index is 1.85. The Bertz CT molecular complexity index is 362. The molecule has 1 aliphatic heterocycles. The maximum absolute atomic E-state index is 12.9. The predicted octanol–water partition coefficient (Wildman–Crippen LogP) is 2.01. The second-order valence-electron chi connectivity index (χ2n) is 3.99. The topological polar surface area (TPSA) is 21.3 Å². The fraction of sp³-hybridized carbons (Fsp3) is 0.455. The van der Waals surface area contributed by atoms with Gasteiger partial charge in [-0.25, -0.2) is 4.39 Å². The number of hydrogen-bond acceptors (Lipinski definition) is 2. The lowest BCUT2D eigenvalue weighted by Crippen LogP contribution is -2.24. The van der Waals surface area contributed by atoms with E-state index >= 15 is 0 Å². The molecule has 1 saturated carbocycles. The molecule has 0 saturated heterocycles. The van der Waals surface area contributed by atoms with Crippen molar-refractivity contribution >= 4 is 0 Å². The van der Waals surface area contributed by atoms with Crippen molar-refractivity contribution in [3.05, 3.63) is 29.6 Å². The summed E-state index contributed by atoms with van der Waals surface area (Å²) >= 11 is 0. The second kappa shape index (κ2) is 2.95. The highest BCUT2D eigenvalue weighted by Crippen LogP contribution is 2.35. The van der Waals surface area contributed by atoms with Crippen molar-refractivity contribution in [3.8, 4) is 5.75 Å². The first-order chi connectivity index (χ1) is 6.83. The highest BCUT2D eigenvalue weighted by molar-refractivity contribution is 5.39. The van der Waals surface area contributed by atoms with Gasteiger partial charge in [0.2, 0.25) is 0 Å². The molecule has 0 amide bonds. The minimum Gasteiger partial charge on any atom is -0.491 e. The smallest absolute Gasteiger partial charge is 0.127 e. The van der Waals surface area contributed by atoms with E-state index in [9.17, 15) is 4.39 Å². The number of halogens is 1. The highest BCUT2D eigenvalue weighted by Gasteiger charge is 2.30. The Morgan fingerprint density at radius 3 is 3.00 bits per heavy atom. The summed E-state index contributed by atoms with van der Waals surface area (Å²) in [6.45, 7) is 0.634. The third kappa shape index (κ3) is 1.38. The van der Waals surface area contributed by atoms with Gasteiger partial charge in [0.15, 0.2) is 0 Å². The van der Waals surface area contributed by atoms with Gasteiger partial charge in [-0.05, 0) is 18.9 Å². The van der Waals surface area contributed by atoms with Crippen LogP contribution in [-0.2, 0) is 0 Å². The van der Waals surface area contributed by atoms with Gasteiger partial charge in [0.05, 0.1) is 6.04 Å². The van der Waals surface area contributed by atoms with E-state index in [0.717, 1.165) is 5.56 Å². The lowest BCUT2D eigenvalue weighted by Gasteiger charge is -2.09. The second-order valence-corrected chi connectivity index (χ2v) is 3.99. The largest absolute Gasteiger partial charge is 0.491 e. The van der Waals surface area contributed by atoms with Crippen molar-refractivity contribution in [1.82, 2.24) is 5.32 Å². The first kappa shape index (κ1) is 8.24. The molecule has 0 aromatic heterocycles. The first-order valence-electron chi connectivity index (χ1n) is 5.01. The maximum Gasteiger partial charge on any atom is 0.127 e. The van der Waals surface area contributed by atoms with Gasteiger partial charge in [0.25, 0.3) is 0 Å². The van der Waals surface area contributed by atoms with Crippen molar-refractivity contribution in [2.24, 2.45) is 0 Å². The normalized spacial score (nSPS) is 24.5. The number of benzene rings is 1. The molecule has 1 N–H and O–H groups in total. The number of hydrogen-bond donors (Lipinski definition) is 1. The molecule has 1 aromatic carbocycles. The molecule has 74 valence electrons. The fourth-order valence-electron chi connectivity index (χ4n) is 1.86. The summed E-state index contributed by atoms with van der Waals surface area (Å²) in [5.74, 6) is 0.471. The molecule has 0 bridgehead atoms. The Labute approximate surface area is 82.1 Å². The van der Waals surface area contributed by atoms with E-state index < -0.39 is 0 Å².